The molecule has 3 heteroatoms. The molecule has 1 aromatic heterocycles. The molecular weight excluding hydrogens is 174 g/mol. The third-order valence-electron chi connectivity index (χ3n) is 2.08. The first-order valence-electron chi connectivity index (χ1n) is 4.33. The minimum atomic E-state index is 0.575. The zero-order valence-corrected chi connectivity index (χ0v) is 7.78. The summed E-state index contributed by atoms with van der Waals surface area (Å²) in [4.78, 5) is 4.33. The molecule has 0 atom stereocenters. The molecule has 1 aromatic carbocycles. The van der Waals surface area contributed by atoms with Crippen molar-refractivity contribution < 1.29 is 0 Å². The molecule has 0 saturated heterocycles. The SMILES string of the molecule is CNc1nc2ccccc2cc1C#N. The molecule has 2 rings (SSSR count). The van der Waals surface area contributed by atoms with Gasteiger partial charge >= 0.3 is 0 Å². The van der Waals surface area contributed by atoms with Crippen LogP contribution in [0, 0.1) is 11.3 Å². The van der Waals surface area contributed by atoms with Crippen molar-refractivity contribution in [3.05, 3.63) is 35.9 Å². The van der Waals surface area contributed by atoms with Crippen molar-refractivity contribution in [1.29, 1.82) is 5.26 Å². The van der Waals surface area contributed by atoms with Crippen molar-refractivity contribution in [1.82, 2.24) is 4.98 Å². The van der Waals surface area contributed by atoms with Crippen molar-refractivity contribution in [3.8, 4) is 6.07 Å². The highest BCUT2D eigenvalue weighted by Gasteiger charge is 2.03. The summed E-state index contributed by atoms with van der Waals surface area (Å²) >= 11 is 0. The summed E-state index contributed by atoms with van der Waals surface area (Å²) in [6, 6.07) is 11.7. The molecule has 0 spiro atoms. The Morgan fingerprint density at radius 3 is 2.86 bits per heavy atom. The molecule has 0 fully saturated rings. The van der Waals surface area contributed by atoms with Crippen molar-refractivity contribution in [2.75, 3.05) is 12.4 Å². The van der Waals surface area contributed by atoms with Gasteiger partial charge < -0.3 is 5.32 Å². The molecular formula is C11H9N3. The fourth-order valence-corrected chi connectivity index (χ4v) is 1.39. The summed E-state index contributed by atoms with van der Waals surface area (Å²) in [5, 5.41) is 12.8. The molecule has 3 nitrogen and oxygen atoms in total. The van der Waals surface area contributed by atoms with Crippen LogP contribution in [0.4, 0.5) is 5.82 Å². The molecule has 1 heterocycles. The smallest absolute Gasteiger partial charge is 0.144 e. The Labute approximate surface area is 82.0 Å². The summed E-state index contributed by atoms with van der Waals surface area (Å²) < 4.78 is 0. The van der Waals surface area contributed by atoms with Crippen molar-refractivity contribution in [2.24, 2.45) is 0 Å². The van der Waals surface area contributed by atoms with Crippen molar-refractivity contribution in [2.45, 2.75) is 0 Å². The molecule has 68 valence electrons. The van der Waals surface area contributed by atoms with Gasteiger partial charge in [0.25, 0.3) is 0 Å². The van der Waals surface area contributed by atoms with Gasteiger partial charge in [-0.2, -0.15) is 5.26 Å². The maximum atomic E-state index is 8.88. The highest BCUT2D eigenvalue weighted by Crippen LogP contribution is 2.18. The van der Waals surface area contributed by atoms with Gasteiger partial charge in [0.1, 0.15) is 11.9 Å². The monoisotopic (exact) mass is 183 g/mol. The largest absolute Gasteiger partial charge is 0.372 e. The Kier molecular flexibility index (Phi) is 2.04. The van der Waals surface area contributed by atoms with E-state index in [-0.39, 0.29) is 0 Å². The number of para-hydroxylation sites is 1. The first-order chi connectivity index (χ1) is 6.85. The summed E-state index contributed by atoms with van der Waals surface area (Å²) in [5.74, 6) is 0.631. The van der Waals surface area contributed by atoms with E-state index in [1.165, 1.54) is 0 Å². The van der Waals surface area contributed by atoms with Gasteiger partial charge in [-0.05, 0) is 12.1 Å². The lowest BCUT2D eigenvalue weighted by molar-refractivity contribution is 1.32. The van der Waals surface area contributed by atoms with Crippen molar-refractivity contribution in [3.63, 3.8) is 0 Å². The van der Waals surface area contributed by atoms with E-state index < -0.39 is 0 Å². The quantitative estimate of drug-likeness (QED) is 0.736. The average Bonchev–Trinajstić information content (AvgIpc) is 2.27. The van der Waals surface area contributed by atoms with Crippen LogP contribution in [0.1, 0.15) is 5.56 Å². The van der Waals surface area contributed by atoms with E-state index in [1.54, 1.807) is 7.05 Å². The zero-order chi connectivity index (χ0) is 9.97. The maximum absolute atomic E-state index is 8.88. The molecule has 0 aliphatic carbocycles. The predicted octanol–water partition coefficient (Wildman–Crippen LogP) is 2.15. The number of nitriles is 1. The van der Waals surface area contributed by atoms with Gasteiger partial charge in [-0.1, -0.05) is 18.2 Å². The number of fused-ring (bicyclic) bond motifs is 1. The van der Waals surface area contributed by atoms with Crippen LogP contribution >= 0.6 is 0 Å². The van der Waals surface area contributed by atoms with Crippen LogP contribution < -0.4 is 5.32 Å². The van der Waals surface area contributed by atoms with Crippen LogP contribution in [0.2, 0.25) is 0 Å². The van der Waals surface area contributed by atoms with Crippen LogP contribution in [-0.2, 0) is 0 Å². The summed E-state index contributed by atoms with van der Waals surface area (Å²) in [5.41, 5.74) is 1.47. The molecule has 0 saturated carbocycles. The van der Waals surface area contributed by atoms with Gasteiger partial charge in [-0.3, -0.25) is 0 Å². The molecule has 0 aliphatic rings. The van der Waals surface area contributed by atoms with Gasteiger partial charge in [0.2, 0.25) is 0 Å². The van der Waals surface area contributed by atoms with E-state index >= 15 is 0 Å². The van der Waals surface area contributed by atoms with Gasteiger partial charge in [-0.25, -0.2) is 4.98 Å². The standard InChI is InChI=1S/C11H9N3/c1-13-11-9(7-12)6-8-4-2-3-5-10(8)14-11/h2-6H,1H3,(H,13,14). The second kappa shape index (κ2) is 3.35. The minimum absolute atomic E-state index is 0.575. The number of anilines is 1. The van der Waals surface area contributed by atoms with E-state index in [1.807, 2.05) is 30.3 Å². The highest BCUT2D eigenvalue weighted by molar-refractivity contribution is 5.82. The van der Waals surface area contributed by atoms with Crippen LogP contribution in [0.15, 0.2) is 30.3 Å². The molecule has 1 N–H and O–H groups in total. The Morgan fingerprint density at radius 2 is 2.14 bits per heavy atom. The number of hydrogen-bond acceptors (Lipinski definition) is 3. The number of nitrogens with one attached hydrogen (secondary N) is 1. The van der Waals surface area contributed by atoms with Crippen LogP contribution in [-0.4, -0.2) is 12.0 Å². The highest BCUT2D eigenvalue weighted by atomic mass is 15.0. The van der Waals surface area contributed by atoms with Crippen molar-refractivity contribution >= 4 is 16.7 Å². The molecule has 0 amide bonds. The first kappa shape index (κ1) is 8.52. The Bertz CT molecular complexity index is 511. The lowest BCUT2D eigenvalue weighted by Crippen LogP contribution is -1.96. The Balaban J connectivity index is 2.77. The zero-order valence-electron chi connectivity index (χ0n) is 7.78. The summed E-state index contributed by atoms with van der Waals surface area (Å²) in [6.07, 6.45) is 0. The van der Waals surface area contributed by atoms with Crippen LogP contribution in [0.3, 0.4) is 0 Å². The van der Waals surface area contributed by atoms with E-state index in [2.05, 4.69) is 16.4 Å². The molecule has 14 heavy (non-hydrogen) atoms. The lowest BCUT2D eigenvalue weighted by atomic mass is 10.1. The fourth-order valence-electron chi connectivity index (χ4n) is 1.39. The number of rotatable bonds is 1. The third kappa shape index (κ3) is 1.27. The molecule has 2 aromatic rings. The third-order valence-corrected chi connectivity index (χ3v) is 2.08. The second-order valence-electron chi connectivity index (χ2n) is 2.94. The predicted molar refractivity (Wildman–Crippen MR) is 56.0 cm³/mol. The molecule has 0 aliphatic heterocycles. The lowest BCUT2D eigenvalue weighted by Gasteiger charge is -2.03. The molecule has 0 bridgehead atoms. The van der Waals surface area contributed by atoms with E-state index in [0.717, 1.165) is 10.9 Å². The number of pyridine rings is 1. The van der Waals surface area contributed by atoms with E-state index in [0.29, 0.717) is 11.4 Å². The van der Waals surface area contributed by atoms with E-state index in [9.17, 15) is 0 Å². The molecule has 0 radical (unpaired) electrons. The van der Waals surface area contributed by atoms with Crippen LogP contribution in [0.25, 0.3) is 10.9 Å². The fraction of sp³-hybridized carbons (Fsp3) is 0.0909. The normalized spacial score (nSPS) is 9.71. The topological polar surface area (TPSA) is 48.7 Å². The van der Waals surface area contributed by atoms with Gasteiger partial charge in [0.15, 0.2) is 0 Å². The number of nitrogens with zero attached hydrogens (tertiary/aromatic N) is 2. The van der Waals surface area contributed by atoms with Gasteiger partial charge in [0.05, 0.1) is 11.1 Å². The average molecular weight is 183 g/mol. The van der Waals surface area contributed by atoms with E-state index in [4.69, 9.17) is 5.26 Å². The van der Waals surface area contributed by atoms with Gasteiger partial charge in [-0.15, -0.1) is 0 Å². The number of aromatic nitrogens is 1. The number of hydrogen-bond donors (Lipinski definition) is 1. The minimum Gasteiger partial charge on any atom is -0.372 e. The second-order valence-corrected chi connectivity index (χ2v) is 2.94. The molecule has 0 unspecified atom stereocenters. The Morgan fingerprint density at radius 1 is 1.36 bits per heavy atom. The Hall–Kier alpha value is -2.08. The maximum Gasteiger partial charge on any atom is 0.144 e. The first-order valence-corrected chi connectivity index (χ1v) is 4.33. The summed E-state index contributed by atoms with van der Waals surface area (Å²) in [6.45, 7) is 0. The number of benzene rings is 1. The summed E-state index contributed by atoms with van der Waals surface area (Å²) in [7, 11) is 1.76. The van der Waals surface area contributed by atoms with Crippen LogP contribution in [0.5, 0.6) is 0 Å². The van der Waals surface area contributed by atoms with Gasteiger partial charge in [0, 0.05) is 12.4 Å².